The molecule has 2 N–H and O–H groups in total. The molecule has 6 nitrogen and oxygen atoms in total. The van der Waals surface area contributed by atoms with Crippen LogP contribution in [0.2, 0.25) is 0 Å². The lowest BCUT2D eigenvalue weighted by molar-refractivity contribution is 0.273. The molecule has 0 amide bonds. The average Bonchev–Trinajstić information content (AvgIpc) is 3.36. The van der Waals surface area contributed by atoms with Gasteiger partial charge in [0.25, 0.3) is 0 Å². The van der Waals surface area contributed by atoms with Crippen molar-refractivity contribution in [1.29, 1.82) is 0 Å². The number of aliphatic imine (C=N–C) groups is 1. The summed E-state index contributed by atoms with van der Waals surface area (Å²) in [4.78, 5) is 11.9. The van der Waals surface area contributed by atoms with Crippen LogP contribution in [0.1, 0.15) is 37.9 Å². The molecule has 1 aromatic carbocycles. The summed E-state index contributed by atoms with van der Waals surface area (Å²) in [5.74, 6) is 1.56. The Morgan fingerprint density at radius 1 is 1.25 bits per heavy atom. The molecule has 28 heavy (non-hydrogen) atoms. The molecule has 0 radical (unpaired) electrons. The lowest BCUT2D eigenvalue weighted by Gasteiger charge is -2.21. The normalized spacial score (nSPS) is 17.8. The maximum atomic E-state index is 5.64. The Balaban J connectivity index is 1.50. The minimum atomic E-state index is 0.577. The molecule has 1 fully saturated rings. The molecule has 152 valence electrons. The maximum absolute atomic E-state index is 5.64. The first kappa shape index (κ1) is 20.4. The number of aryl methyl sites for hydroxylation is 1. The summed E-state index contributed by atoms with van der Waals surface area (Å²) < 4.78 is 5.64. The standard InChI is InChI=1S/C22H33N5O/c1-4-23-22(25-15-20-7-6-14-27(20)5-2)24-13-12-19-16-28-21(26-19)18-10-8-17(3)9-11-18/h8-11,16,20H,4-7,12-15H2,1-3H3,(H2,23,24,25). The number of guanidine groups is 1. The van der Waals surface area contributed by atoms with Crippen molar-refractivity contribution in [2.24, 2.45) is 4.99 Å². The Labute approximate surface area is 168 Å². The van der Waals surface area contributed by atoms with Crippen molar-refractivity contribution in [2.45, 2.75) is 46.1 Å². The second kappa shape index (κ2) is 10.3. The van der Waals surface area contributed by atoms with E-state index >= 15 is 0 Å². The van der Waals surface area contributed by atoms with Crippen molar-refractivity contribution in [3.63, 3.8) is 0 Å². The summed E-state index contributed by atoms with van der Waals surface area (Å²) in [5.41, 5.74) is 3.19. The van der Waals surface area contributed by atoms with E-state index in [1.54, 1.807) is 6.26 Å². The molecule has 1 aliphatic heterocycles. The van der Waals surface area contributed by atoms with Crippen molar-refractivity contribution in [1.82, 2.24) is 20.5 Å². The van der Waals surface area contributed by atoms with Crippen LogP contribution in [0.3, 0.4) is 0 Å². The molecular weight excluding hydrogens is 350 g/mol. The van der Waals surface area contributed by atoms with Gasteiger partial charge in [0.15, 0.2) is 5.96 Å². The number of benzene rings is 1. The van der Waals surface area contributed by atoms with Gasteiger partial charge in [0, 0.05) is 31.1 Å². The molecule has 6 heteroatoms. The fourth-order valence-electron chi connectivity index (χ4n) is 3.62. The van der Waals surface area contributed by atoms with Gasteiger partial charge in [0.1, 0.15) is 6.26 Å². The molecule has 2 heterocycles. The van der Waals surface area contributed by atoms with Gasteiger partial charge in [-0.05, 0) is 51.9 Å². The second-order valence-corrected chi connectivity index (χ2v) is 7.33. The monoisotopic (exact) mass is 383 g/mol. The van der Waals surface area contributed by atoms with Gasteiger partial charge >= 0.3 is 0 Å². The molecule has 3 rings (SSSR count). The van der Waals surface area contributed by atoms with Gasteiger partial charge in [-0.2, -0.15) is 0 Å². The van der Waals surface area contributed by atoms with E-state index in [2.05, 4.69) is 53.4 Å². The molecule has 0 spiro atoms. The number of rotatable bonds is 8. The highest BCUT2D eigenvalue weighted by Gasteiger charge is 2.22. The molecule has 1 aromatic heterocycles. The van der Waals surface area contributed by atoms with E-state index in [9.17, 15) is 0 Å². The smallest absolute Gasteiger partial charge is 0.226 e. The average molecular weight is 384 g/mol. The van der Waals surface area contributed by atoms with Crippen LogP contribution in [0, 0.1) is 6.92 Å². The van der Waals surface area contributed by atoms with Crippen molar-refractivity contribution in [3.8, 4) is 11.5 Å². The van der Waals surface area contributed by atoms with Crippen molar-refractivity contribution < 1.29 is 4.42 Å². The van der Waals surface area contributed by atoms with Gasteiger partial charge in [0.05, 0.1) is 12.2 Å². The van der Waals surface area contributed by atoms with Crippen molar-refractivity contribution in [3.05, 3.63) is 41.8 Å². The topological polar surface area (TPSA) is 65.7 Å². The number of likely N-dealkylation sites (tertiary alicyclic amines) is 1. The highest BCUT2D eigenvalue weighted by atomic mass is 16.3. The van der Waals surface area contributed by atoms with Crippen LogP contribution in [0.4, 0.5) is 0 Å². The predicted molar refractivity (Wildman–Crippen MR) is 115 cm³/mol. The van der Waals surface area contributed by atoms with Gasteiger partial charge in [-0.1, -0.05) is 24.6 Å². The fraction of sp³-hybridized carbons (Fsp3) is 0.545. The summed E-state index contributed by atoms with van der Waals surface area (Å²) in [5, 5.41) is 6.76. The van der Waals surface area contributed by atoms with E-state index in [0.29, 0.717) is 11.9 Å². The summed E-state index contributed by atoms with van der Waals surface area (Å²) >= 11 is 0. The Morgan fingerprint density at radius 2 is 2.07 bits per heavy atom. The quantitative estimate of drug-likeness (QED) is 0.541. The summed E-state index contributed by atoms with van der Waals surface area (Å²) in [6.07, 6.45) is 5.08. The summed E-state index contributed by atoms with van der Waals surface area (Å²) in [7, 11) is 0. The molecule has 0 bridgehead atoms. The lowest BCUT2D eigenvalue weighted by atomic mass is 10.1. The van der Waals surface area contributed by atoms with Gasteiger partial charge in [-0.15, -0.1) is 0 Å². The lowest BCUT2D eigenvalue weighted by Crippen LogP contribution is -2.40. The molecule has 1 saturated heterocycles. The first-order valence-corrected chi connectivity index (χ1v) is 10.5. The number of hydrogen-bond acceptors (Lipinski definition) is 4. The first-order chi connectivity index (χ1) is 13.7. The summed E-state index contributed by atoms with van der Waals surface area (Å²) in [6, 6.07) is 8.81. The van der Waals surface area contributed by atoms with Gasteiger partial charge in [-0.25, -0.2) is 4.98 Å². The van der Waals surface area contributed by atoms with Crippen molar-refractivity contribution >= 4 is 5.96 Å². The van der Waals surface area contributed by atoms with Crippen LogP contribution >= 0.6 is 0 Å². The van der Waals surface area contributed by atoms with E-state index in [-0.39, 0.29) is 0 Å². The zero-order chi connectivity index (χ0) is 19.8. The van der Waals surface area contributed by atoms with E-state index in [4.69, 9.17) is 9.41 Å². The van der Waals surface area contributed by atoms with Gasteiger partial charge in [-0.3, -0.25) is 9.89 Å². The SMILES string of the molecule is CCNC(=NCC1CCCN1CC)NCCc1coc(-c2ccc(C)cc2)n1. The number of likely N-dealkylation sites (N-methyl/N-ethyl adjacent to an activating group) is 1. The van der Waals surface area contributed by atoms with E-state index < -0.39 is 0 Å². The first-order valence-electron chi connectivity index (χ1n) is 10.5. The zero-order valence-electron chi connectivity index (χ0n) is 17.4. The second-order valence-electron chi connectivity index (χ2n) is 7.33. The minimum Gasteiger partial charge on any atom is -0.444 e. The number of nitrogens with one attached hydrogen (secondary N) is 2. The molecule has 0 saturated carbocycles. The minimum absolute atomic E-state index is 0.577. The van der Waals surface area contributed by atoms with E-state index in [0.717, 1.165) is 49.8 Å². The zero-order valence-corrected chi connectivity index (χ0v) is 17.4. The number of oxazole rings is 1. The largest absolute Gasteiger partial charge is 0.444 e. The van der Waals surface area contributed by atoms with E-state index in [1.807, 2.05) is 12.1 Å². The highest BCUT2D eigenvalue weighted by molar-refractivity contribution is 5.79. The predicted octanol–water partition coefficient (Wildman–Crippen LogP) is 3.23. The third-order valence-corrected chi connectivity index (χ3v) is 5.23. The molecule has 1 aliphatic rings. The number of aromatic nitrogens is 1. The van der Waals surface area contributed by atoms with Crippen LogP contribution in [0.5, 0.6) is 0 Å². The third kappa shape index (κ3) is 5.58. The summed E-state index contributed by atoms with van der Waals surface area (Å²) in [6.45, 7) is 11.2. The number of nitrogens with zero attached hydrogens (tertiary/aromatic N) is 3. The highest BCUT2D eigenvalue weighted by Crippen LogP contribution is 2.19. The van der Waals surface area contributed by atoms with Crippen LogP contribution in [-0.4, -0.2) is 54.6 Å². The molecule has 1 unspecified atom stereocenters. The van der Waals surface area contributed by atoms with Crippen LogP contribution in [-0.2, 0) is 6.42 Å². The maximum Gasteiger partial charge on any atom is 0.226 e. The molecular formula is C22H33N5O. The molecule has 2 aromatic rings. The molecule has 1 atom stereocenters. The molecule has 0 aliphatic carbocycles. The van der Waals surface area contributed by atoms with Crippen LogP contribution in [0.15, 0.2) is 39.9 Å². The van der Waals surface area contributed by atoms with E-state index in [1.165, 1.54) is 24.9 Å². The Bertz CT molecular complexity index is 753. The third-order valence-electron chi connectivity index (χ3n) is 5.23. The Kier molecular flexibility index (Phi) is 7.48. The fourth-order valence-corrected chi connectivity index (χ4v) is 3.62. The Morgan fingerprint density at radius 3 is 2.82 bits per heavy atom. The Hall–Kier alpha value is -2.34. The van der Waals surface area contributed by atoms with Crippen LogP contribution < -0.4 is 10.6 Å². The van der Waals surface area contributed by atoms with Gasteiger partial charge < -0.3 is 15.1 Å². The van der Waals surface area contributed by atoms with Crippen LogP contribution in [0.25, 0.3) is 11.5 Å². The van der Waals surface area contributed by atoms with Gasteiger partial charge in [0.2, 0.25) is 5.89 Å². The van der Waals surface area contributed by atoms with Crippen molar-refractivity contribution in [2.75, 3.05) is 32.7 Å². The number of hydrogen-bond donors (Lipinski definition) is 2.